The summed E-state index contributed by atoms with van der Waals surface area (Å²) in [6.45, 7) is 6.64. The van der Waals surface area contributed by atoms with Gasteiger partial charge < -0.3 is 14.5 Å². The van der Waals surface area contributed by atoms with Crippen molar-refractivity contribution >= 4 is 0 Å². The molecule has 0 saturated carbocycles. The van der Waals surface area contributed by atoms with E-state index in [1.165, 1.54) is 0 Å². The fourth-order valence-corrected chi connectivity index (χ4v) is 2.03. The zero-order valence-electron chi connectivity index (χ0n) is 13.0. The quantitative estimate of drug-likeness (QED) is 0.385. The molecule has 1 heterocycles. The number of hydrogen-bond acceptors (Lipinski definition) is 4. The van der Waals surface area contributed by atoms with E-state index >= 15 is 0 Å². The number of nitrogens with two attached hydrogens (primary N) is 1. The summed E-state index contributed by atoms with van der Waals surface area (Å²) >= 11 is 0. The van der Waals surface area contributed by atoms with Crippen LogP contribution in [0.25, 0.3) is 0 Å². The van der Waals surface area contributed by atoms with E-state index in [0.717, 1.165) is 23.4 Å². The van der Waals surface area contributed by atoms with E-state index < -0.39 is 0 Å². The van der Waals surface area contributed by atoms with Crippen molar-refractivity contribution in [2.75, 3.05) is 0 Å². The van der Waals surface area contributed by atoms with Crippen LogP contribution in [0.15, 0.2) is 60.6 Å². The van der Waals surface area contributed by atoms with Crippen molar-refractivity contribution in [2.24, 2.45) is 5.90 Å². The third kappa shape index (κ3) is 4.77. The van der Waals surface area contributed by atoms with Crippen LogP contribution >= 0.6 is 0 Å². The highest BCUT2D eigenvalue weighted by Gasteiger charge is 2.02. The molecule has 0 bridgehead atoms. The smallest absolute Gasteiger partial charge is 0.197 e. The third-order valence-electron chi connectivity index (χ3n) is 3.15. The van der Waals surface area contributed by atoms with Gasteiger partial charge in [-0.3, -0.25) is 0 Å². The molecule has 0 aliphatic heterocycles. The Morgan fingerprint density at radius 2 is 2.17 bits per heavy atom. The molecule has 0 saturated heterocycles. The van der Waals surface area contributed by atoms with E-state index in [9.17, 15) is 5.11 Å². The molecule has 1 aromatic heterocycles. The first-order valence-corrected chi connectivity index (χ1v) is 7.19. The highest BCUT2D eigenvalue weighted by atomic mass is 16.6. The molecule has 0 fully saturated rings. The van der Waals surface area contributed by atoms with E-state index in [1.54, 1.807) is 36.5 Å². The molecule has 3 N–H and O–H groups in total. The van der Waals surface area contributed by atoms with Crippen LogP contribution in [0, 0.1) is 11.8 Å². The molecule has 2 aromatic rings. The Kier molecular flexibility index (Phi) is 5.61. The molecule has 2 rings (SSSR count). The average Bonchev–Trinajstić information content (AvgIpc) is 3.00. The van der Waals surface area contributed by atoms with E-state index in [-0.39, 0.29) is 5.75 Å². The van der Waals surface area contributed by atoms with Crippen LogP contribution in [0.3, 0.4) is 0 Å². The first kappa shape index (κ1) is 16.4. The number of aromatic nitrogens is 2. The molecule has 23 heavy (non-hydrogen) atoms. The molecule has 0 amide bonds. The van der Waals surface area contributed by atoms with Gasteiger partial charge in [0.2, 0.25) is 0 Å². The Morgan fingerprint density at radius 1 is 1.43 bits per heavy atom. The van der Waals surface area contributed by atoms with Crippen LogP contribution in [-0.4, -0.2) is 14.7 Å². The lowest BCUT2D eigenvalue weighted by molar-refractivity contribution is 0.237. The fourth-order valence-electron chi connectivity index (χ4n) is 2.03. The van der Waals surface area contributed by atoms with E-state index in [2.05, 4.69) is 30.3 Å². The van der Waals surface area contributed by atoms with Crippen molar-refractivity contribution in [1.29, 1.82) is 0 Å². The van der Waals surface area contributed by atoms with Gasteiger partial charge in [-0.25, -0.2) is 4.98 Å². The van der Waals surface area contributed by atoms with E-state index in [4.69, 9.17) is 10.7 Å². The van der Waals surface area contributed by atoms with Gasteiger partial charge in [-0.15, -0.1) is 0 Å². The van der Waals surface area contributed by atoms with Crippen molar-refractivity contribution in [2.45, 2.75) is 19.9 Å². The molecule has 5 nitrogen and oxygen atoms in total. The first-order chi connectivity index (χ1) is 11.1. The number of aromatic hydroxyl groups is 1. The van der Waals surface area contributed by atoms with Crippen LogP contribution in [0.4, 0.5) is 0 Å². The van der Waals surface area contributed by atoms with Gasteiger partial charge in [-0.2, -0.15) is 5.90 Å². The summed E-state index contributed by atoms with van der Waals surface area (Å²) in [6, 6.07) is 6.57. The number of nitrogens with zero attached hydrogens (tertiary/aromatic N) is 2. The molecule has 0 radical (unpaired) electrons. The van der Waals surface area contributed by atoms with Gasteiger partial charge in [0.15, 0.2) is 5.76 Å². The second-order valence-corrected chi connectivity index (χ2v) is 4.91. The molecule has 118 valence electrons. The summed E-state index contributed by atoms with van der Waals surface area (Å²) in [5, 5.41) is 9.24. The minimum atomic E-state index is 0.196. The largest absolute Gasteiger partial charge is 0.508 e. The van der Waals surface area contributed by atoms with Crippen molar-refractivity contribution in [3.8, 4) is 17.6 Å². The summed E-state index contributed by atoms with van der Waals surface area (Å²) in [7, 11) is 0. The van der Waals surface area contributed by atoms with Crippen LogP contribution < -0.4 is 5.90 Å². The number of hydrogen-bond donors (Lipinski definition) is 2. The van der Waals surface area contributed by atoms with E-state index in [1.807, 2.05) is 10.8 Å². The molecule has 0 aliphatic rings. The van der Waals surface area contributed by atoms with Crippen molar-refractivity contribution < 1.29 is 9.94 Å². The number of rotatable bonds is 5. The molecule has 0 atom stereocenters. The number of imidazole rings is 1. The zero-order chi connectivity index (χ0) is 16.7. The fraction of sp³-hybridized carbons (Fsp3) is 0.167. The Hall–Kier alpha value is -2.97. The maximum absolute atomic E-state index is 9.24. The summed E-state index contributed by atoms with van der Waals surface area (Å²) in [5.41, 5.74) is 1.55. The Bertz CT molecular complexity index is 762. The summed E-state index contributed by atoms with van der Waals surface area (Å²) in [4.78, 5) is 9.06. The minimum absolute atomic E-state index is 0.196. The average molecular weight is 309 g/mol. The van der Waals surface area contributed by atoms with Crippen LogP contribution in [0.2, 0.25) is 0 Å². The summed E-state index contributed by atoms with van der Waals surface area (Å²) in [5.74, 6) is 12.5. The van der Waals surface area contributed by atoms with Crippen LogP contribution in [0.1, 0.15) is 18.3 Å². The lowest BCUT2D eigenvalue weighted by atomic mass is 10.2. The highest BCUT2D eigenvalue weighted by molar-refractivity contribution is 5.42. The van der Waals surface area contributed by atoms with Crippen LogP contribution in [-0.2, 0) is 17.8 Å². The van der Waals surface area contributed by atoms with Crippen molar-refractivity contribution in [3.63, 3.8) is 0 Å². The van der Waals surface area contributed by atoms with Gasteiger partial charge in [0.25, 0.3) is 0 Å². The predicted molar refractivity (Wildman–Crippen MR) is 89.1 cm³/mol. The minimum Gasteiger partial charge on any atom is -0.508 e. The lowest BCUT2D eigenvalue weighted by Crippen LogP contribution is -2.04. The second kappa shape index (κ2) is 7.87. The number of aryl methyl sites for hydroxylation is 1. The molecular formula is C18H19N3O2. The molecule has 0 spiro atoms. The van der Waals surface area contributed by atoms with Gasteiger partial charge in [-0.05, 0) is 41.8 Å². The lowest BCUT2D eigenvalue weighted by Gasteiger charge is -2.06. The predicted octanol–water partition coefficient (Wildman–Crippen LogP) is 2.53. The second-order valence-electron chi connectivity index (χ2n) is 4.91. The van der Waals surface area contributed by atoms with Crippen molar-refractivity contribution in [3.05, 3.63) is 72.0 Å². The van der Waals surface area contributed by atoms with Gasteiger partial charge in [0, 0.05) is 30.9 Å². The van der Waals surface area contributed by atoms with Gasteiger partial charge in [-0.1, -0.05) is 19.4 Å². The molecule has 1 aromatic carbocycles. The molecule has 5 heteroatoms. The standard InChI is InChI=1S/C18H19N3O2/c1-3-18-20-10-11-21(18)13-14(2)12-17(23-19)9-6-15-4-7-16(22)8-5-15/h4-5,7-8,10-12,22H,2-3,13,19H2,1H3/b17-12-. The number of phenols is 1. The summed E-state index contributed by atoms with van der Waals surface area (Å²) < 4.78 is 2.01. The first-order valence-electron chi connectivity index (χ1n) is 7.19. The normalized spacial score (nSPS) is 10.8. The Morgan fingerprint density at radius 3 is 2.83 bits per heavy atom. The molecule has 0 aliphatic carbocycles. The Labute approximate surface area is 135 Å². The number of benzene rings is 1. The highest BCUT2D eigenvalue weighted by Crippen LogP contribution is 2.10. The summed E-state index contributed by atoms with van der Waals surface area (Å²) in [6.07, 6.45) is 6.22. The number of phenolic OH excluding ortho intramolecular Hbond substituents is 1. The third-order valence-corrected chi connectivity index (χ3v) is 3.15. The molecule has 0 unspecified atom stereocenters. The maximum atomic E-state index is 9.24. The van der Waals surface area contributed by atoms with E-state index in [0.29, 0.717) is 12.3 Å². The zero-order valence-corrected chi connectivity index (χ0v) is 13.0. The number of allylic oxidation sites excluding steroid dienone is 3. The maximum Gasteiger partial charge on any atom is 0.197 e. The topological polar surface area (TPSA) is 73.3 Å². The Balaban J connectivity index is 2.09. The monoisotopic (exact) mass is 309 g/mol. The van der Waals surface area contributed by atoms with Crippen molar-refractivity contribution in [1.82, 2.24) is 9.55 Å². The van der Waals surface area contributed by atoms with Crippen LogP contribution in [0.5, 0.6) is 5.75 Å². The SMILES string of the molecule is C=C(/C=C(/C#Cc1ccc(O)cc1)ON)Cn1ccnc1CC. The van der Waals surface area contributed by atoms with Gasteiger partial charge >= 0.3 is 0 Å². The van der Waals surface area contributed by atoms with Gasteiger partial charge in [0.05, 0.1) is 0 Å². The van der Waals surface area contributed by atoms with Gasteiger partial charge in [0.1, 0.15) is 11.6 Å². The molecular weight excluding hydrogens is 290 g/mol.